The maximum Gasteiger partial charge on any atom is 0.864 e. The van der Waals surface area contributed by atoms with Gasteiger partial charge in [-0.3, -0.25) is 0 Å². The van der Waals surface area contributed by atoms with Gasteiger partial charge in [-0.15, -0.1) is 0 Å². The molecule has 0 aromatic heterocycles. The number of hydrogen-bond acceptors (Lipinski definition) is 6. The van der Waals surface area contributed by atoms with Crippen LogP contribution in [0.3, 0.4) is 0 Å². The molecule has 516 valence electrons. The van der Waals surface area contributed by atoms with Crippen molar-refractivity contribution >= 4 is 7.32 Å². The first-order valence-electron chi connectivity index (χ1n) is 36.1. The second kappa shape index (κ2) is 29.5. The van der Waals surface area contributed by atoms with Crippen LogP contribution in [0.1, 0.15) is 50.1 Å². The molecule has 15 rings (SSSR count). The normalized spacial score (nSPS) is 11.2. The van der Waals surface area contributed by atoms with Crippen LogP contribution in [-0.4, -0.2) is 22.6 Å². The first-order valence-corrected chi connectivity index (χ1v) is 36.1. The molecule has 106 heavy (non-hydrogen) atoms. The molecule has 0 spiro atoms. The Balaban J connectivity index is 0.980. The van der Waals surface area contributed by atoms with E-state index in [4.69, 9.17) is 14.0 Å². The molecule has 0 bridgehead atoms. The third-order valence-corrected chi connectivity index (χ3v) is 20.2. The first-order chi connectivity index (χ1) is 51.4. The van der Waals surface area contributed by atoms with Crippen molar-refractivity contribution in [3.8, 4) is 168 Å². The lowest BCUT2D eigenvalue weighted by molar-refractivity contribution is 0.308. The molecule has 3 N–H and O–H groups in total. The highest BCUT2D eigenvalue weighted by Crippen LogP contribution is 2.53. The van der Waals surface area contributed by atoms with Crippen molar-refractivity contribution in [2.75, 3.05) is 0 Å². The molecule has 0 fully saturated rings. The maximum atomic E-state index is 12.0. The first kappa shape index (κ1) is 68.9. The van der Waals surface area contributed by atoms with Crippen molar-refractivity contribution in [2.24, 2.45) is 0 Å². The minimum absolute atomic E-state index is 0.0148. The molecule has 0 unspecified atom stereocenters. The summed E-state index contributed by atoms with van der Waals surface area (Å²) in [5.74, 6) is 1.01. The van der Waals surface area contributed by atoms with E-state index >= 15 is 0 Å². The van der Waals surface area contributed by atoms with E-state index in [0.717, 1.165) is 167 Å². The molecule has 0 saturated carbocycles. The molecule has 0 amide bonds. The number of hydrogen-bond donors (Lipinski definition) is 3. The van der Waals surface area contributed by atoms with Gasteiger partial charge in [0.2, 0.25) is 0 Å². The maximum absolute atomic E-state index is 12.0. The van der Waals surface area contributed by atoms with Crippen LogP contribution in [0, 0.1) is 62.3 Å². The van der Waals surface area contributed by atoms with Crippen molar-refractivity contribution < 1.29 is 29.3 Å². The van der Waals surface area contributed by atoms with Crippen molar-refractivity contribution in [2.45, 2.75) is 62.3 Å². The average molecular weight is 1380 g/mol. The lowest BCUT2D eigenvalue weighted by Crippen LogP contribution is -2.37. The largest absolute Gasteiger partial charge is 0.864 e. The van der Waals surface area contributed by atoms with Crippen molar-refractivity contribution in [1.29, 1.82) is 0 Å². The zero-order chi connectivity index (χ0) is 73.3. The van der Waals surface area contributed by atoms with Gasteiger partial charge >= 0.3 is 7.32 Å². The number of phenolic OH excluding ortho intramolecular Hbond substituents is 3. The van der Waals surface area contributed by atoms with Gasteiger partial charge in [0.25, 0.3) is 0 Å². The average Bonchev–Trinajstić information content (AvgIpc) is 0.759. The Hall–Kier alpha value is -12.8. The number of aryl methyl sites for hydroxylation is 9. The monoisotopic (exact) mass is 1380 g/mol. The van der Waals surface area contributed by atoms with E-state index in [1.807, 2.05) is 0 Å². The quantitative estimate of drug-likeness (QED) is 0.0742. The van der Waals surface area contributed by atoms with E-state index in [2.05, 4.69) is 317 Å². The van der Waals surface area contributed by atoms with Crippen LogP contribution >= 0.6 is 0 Å². The summed E-state index contributed by atoms with van der Waals surface area (Å²) in [6, 6.07) is 106. The second-order valence-corrected chi connectivity index (χ2v) is 28.2. The lowest BCUT2D eigenvalue weighted by Gasteiger charge is -2.25. The summed E-state index contributed by atoms with van der Waals surface area (Å²) in [6.45, 7) is 18.9. The number of phenols is 3. The predicted octanol–water partition coefficient (Wildman–Crippen LogP) is 26.1. The molecular weight excluding hydrogens is 1300 g/mol. The van der Waals surface area contributed by atoms with Gasteiger partial charge in [-0.2, -0.15) is 0 Å². The molecule has 6 nitrogen and oxygen atoms in total. The zero-order valence-corrected chi connectivity index (χ0v) is 61.1. The minimum Gasteiger partial charge on any atom is -0.508 e. The van der Waals surface area contributed by atoms with Crippen molar-refractivity contribution in [3.63, 3.8) is 0 Å². The Morgan fingerprint density at radius 1 is 0.170 bits per heavy atom. The SMILES string of the molecule is Cc1ccc(-c2ccc(-c3cc(O)ccc3OB(Oc3ccc(O)cc3-c3ccc(-c4ccc(C)cc4)c(-c4ccc(C)cc4)c3-c3ccc(C)cc3)Oc3ccc(O)cc3-c3ccc(-c4ccc(C)cc4)c(-c4ccc(C)cc4)c3-c3ccc(C)cc3)c(-c3ccc(C)cc3)c2-c2ccc(C)cc2)cc1. The summed E-state index contributed by atoms with van der Waals surface area (Å²) in [5, 5.41) is 36.0. The topological polar surface area (TPSA) is 88.4 Å². The van der Waals surface area contributed by atoms with Gasteiger partial charge in [0.1, 0.15) is 34.5 Å². The highest BCUT2D eigenvalue weighted by Gasteiger charge is 2.36. The minimum atomic E-state index is -1.65. The van der Waals surface area contributed by atoms with Crippen LogP contribution in [0.5, 0.6) is 34.5 Å². The highest BCUT2D eigenvalue weighted by molar-refractivity contribution is 6.40. The molecule has 0 heterocycles. The zero-order valence-electron chi connectivity index (χ0n) is 61.1. The summed E-state index contributed by atoms with van der Waals surface area (Å²) >= 11 is 0. The van der Waals surface area contributed by atoms with Gasteiger partial charge < -0.3 is 29.3 Å². The van der Waals surface area contributed by atoms with Gasteiger partial charge in [-0.25, -0.2) is 0 Å². The van der Waals surface area contributed by atoms with E-state index in [1.54, 1.807) is 54.6 Å². The number of benzene rings is 15. The van der Waals surface area contributed by atoms with Crippen LogP contribution in [0.2, 0.25) is 0 Å². The Kier molecular flexibility index (Phi) is 19.2. The Labute approximate surface area is 622 Å². The second-order valence-electron chi connectivity index (χ2n) is 28.2. The summed E-state index contributed by atoms with van der Waals surface area (Å²) in [5.41, 5.74) is 32.0. The standard InChI is InChI=1S/C99H81BO6/c1-61-10-28-70(29-11-61)82-49-52-85(97(76-40-22-67(7)23-41-76)94(82)73-34-16-64(4)17-35-73)88-58-79(101)46-55-91(88)104-100(105-92-56-47-80(102)59-89(92)86-53-50-83(71-30-12-62(2)13-31-71)95(74-36-18-65(5)19-37-74)98(86)77-42-24-68(8)25-43-77)106-93-57-48-81(103)60-90(93)87-54-51-84(72-32-14-63(3)15-33-72)96(75-38-20-66(6)21-39-75)99(87)78-44-26-69(9)27-45-78/h10-60,101-103H,1-9H3. The summed E-state index contributed by atoms with van der Waals surface area (Å²) in [7, 11) is -1.65. The van der Waals surface area contributed by atoms with E-state index in [0.29, 0.717) is 33.9 Å². The summed E-state index contributed by atoms with van der Waals surface area (Å²) in [6.07, 6.45) is 0. The summed E-state index contributed by atoms with van der Waals surface area (Å²) in [4.78, 5) is 0. The van der Waals surface area contributed by atoms with E-state index in [9.17, 15) is 15.3 Å². The molecule has 0 saturated heterocycles. The molecular formula is C99H81BO6. The molecule has 15 aromatic rings. The van der Waals surface area contributed by atoms with Gasteiger partial charge in [0.15, 0.2) is 0 Å². The molecule has 0 aliphatic rings. The van der Waals surface area contributed by atoms with Crippen LogP contribution in [-0.2, 0) is 0 Å². The Morgan fingerprint density at radius 3 is 0.519 bits per heavy atom. The van der Waals surface area contributed by atoms with Crippen LogP contribution < -0.4 is 14.0 Å². The van der Waals surface area contributed by atoms with E-state index < -0.39 is 7.32 Å². The van der Waals surface area contributed by atoms with Gasteiger partial charge in [0.05, 0.1) is 0 Å². The highest BCUT2D eigenvalue weighted by atomic mass is 16.7. The third kappa shape index (κ3) is 14.4. The molecule has 7 heteroatoms. The molecule has 0 radical (unpaired) electrons. The van der Waals surface area contributed by atoms with Crippen LogP contribution in [0.25, 0.3) is 134 Å². The van der Waals surface area contributed by atoms with E-state index in [1.165, 1.54) is 0 Å². The predicted molar refractivity (Wildman–Crippen MR) is 440 cm³/mol. The van der Waals surface area contributed by atoms with Gasteiger partial charge in [-0.1, -0.05) is 305 Å². The smallest absolute Gasteiger partial charge is 0.508 e. The fourth-order valence-electron chi connectivity index (χ4n) is 14.4. The van der Waals surface area contributed by atoms with E-state index in [-0.39, 0.29) is 17.2 Å². The van der Waals surface area contributed by atoms with Crippen LogP contribution in [0.4, 0.5) is 0 Å². The molecule has 15 aromatic carbocycles. The fraction of sp³-hybridized carbons (Fsp3) is 0.0909. The summed E-state index contributed by atoms with van der Waals surface area (Å²) < 4.78 is 22.7. The van der Waals surface area contributed by atoms with Crippen molar-refractivity contribution in [1.82, 2.24) is 0 Å². The molecule has 0 aliphatic carbocycles. The Bertz CT molecular complexity index is 5160. The van der Waals surface area contributed by atoms with Crippen LogP contribution in [0.15, 0.2) is 309 Å². The molecule has 0 atom stereocenters. The molecule has 0 aliphatic heterocycles. The lowest BCUT2D eigenvalue weighted by atomic mass is 9.82. The third-order valence-electron chi connectivity index (χ3n) is 20.2. The Morgan fingerprint density at radius 2 is 0.330 bits per heavy atom. The van der Waals surface area contributed by atoms with Crippen molar-refractivity contribution in [3.05, 3.63) is 359 Å². The fourth-order valence-corrected chi connectivity index (χ4v) is 14.4. The number of aromatic hydroxyl groups is 3. The van der Waals surface area contributed by atoms with Gasteiger partial charge in [-0.05, 0) is 234 Å². The number of rotatable bonds is 18. The van der Waals surface area contributed by atoms with Gasteiger partial charge in [0, 0.05) is 16.7 Å².